The Morgan fingerprint density at radius 1 is 1.47 bits per heavy atom. The zero-order valence-corrected chi connectivity index (χ0v) is 10.9. The SMILES string of the molecule is CC(O)(C1CCCNC1)C1(CN)CCOCC1. The normalized spacial score (nSPS) is 33.0. The zero-order valence-electron chi connectivity index (χ0n) is 10.9. The van der Waals surface area contributed by atoms with Gasteiger partial charge in [0.1, 0.15) is 0 Å². The molecule has 0 aliphatic carbocycles. The van der Waals surface area contributed by atoms with E-state index in [2.05, 4.69) is 5.32 Å². The molecule has 4 heteroatoms. The summed E-state index contributed by atoms with van der Waals surface area (Å²) in [4.78, 5) is 0. The van der Waals surface area contributed by atoms with Crippen LogP contribution >= 0.6 is 0 Å². The van der Waals surface area contributed by atoms with Gasteiger partial charge in [0.15, 0.2) is 0 Å². The van der Waals surface area contributed by atoms with Crippen molar-refractivity contribution in [1.29, 1.82) is 0 Å². The highest BCUT2D eigenvalue weighted by Crippen LogP contribution is 2.45. The molecule has 2 aliphatic heterocycles. The Morgan fingerprint density at radius 2 is 2.18 bits per heavy atom. The van der Waals surface area contributed by atoms with Crippen LogP contribution in [0.4, 0.5) is 0 Å². The molecular formula is C13H26N2O2. The highest BCUT2D eigenvalue weighted by molar-refractivity contribution is 5.02. The Kier molecular flexibility index (Phi) is 4.08. The van der Waals surface area contributed by atoms with Crippen LogP contribution in [0.5, 0.6) is 0 Å². The van der Waals surface area contributed by atoms with Crippen molar-refractivity contribution in [2.75, 3.05) is 32.8 Å². The lowest BCUT2D eigenvalue weighted by atomic mass is 9.61. The van der Waals surface area contributed by atoms with Crippen molar-refractivity contribution in [3.05, 3.63) is 0 Å². The number of hydrogen-bond acceptors (Lipinski definition) is 4. The monoisotopic (exact) mass is 242 g/mol. The molecule has 0 aromatic heterocycles. The maximum Gasteiger partial charge on any atom is 0.0729 e. The summed E-state index contributed by atoms with van der Waals surface area (Å²) in [6.45, 7) is 5.99. The second-order valence-corrected chi connectivity index (χ2v) is 5.79. The van der Waals surface area contributed by atoms with E-state index in [1.54, 1.807) is 0 Å². The van der Waals surface area contributed by atoms with E-state index in [1.807, 2.05) is 6.92 Å². The maximum atomic E-state index is 11.0. The molecule has 0 saturated carbocycles. The van der Waals surface area contributed by atoms with E-state index in [1.165, 1.54) is 0 Å². The van der Waals surface area contributed by atoms with Gasteiger partial charge in [-0.05, 0) is 39.2 Å². The predicted molar refractivity (Wildman–Crippen MR) is 67.8 cm³/mol. The van der Waals surface area contributed by atoms with Crippen LogP contribution in [-0.2, 0) is 4.74 Å². The standard InChI is InChI=1S/C13H26N2O2/c1-12(16,11-3-2-6-15-9-11)13(10-14)4-7-17-8-5-13/h11,15-16H,2-10,14H2,1H3. The van der Waals surface area contributed by atoms with Crippen molar-refractivity contribution in [2.24, 2.45) is 17.1 Å². The molecule has 0 amide bonds. The minimum absolute atomic E-state index is 0.158. The number of nitrogens with two attached hydrogens (primary N) is 1. The molecule has 2 aliphatic rings. The van der Waals surface area contributed by atoms with Gasteiger partial charge in [-0.3, -0.25) is 0 Å². The van der Waals surface area contributed by atoms with Gasteiger partial charge in [-0.1, -0.05) is 0 Å². The molecule has 0 spiro atoms. The quantitative estimate of drug-likeness (QED) is 0.674. The van der Waals surface area contributed by atoms with E-state index in [0.717, 1.165) is 52.0 Å². The number of rotatable bonds is 3. The lowest BCUT2D eigenvalue weighted by molar-refractivity contribution is -0.152. The van der Waals surface area contributed by atoms with E-state index >= 15 is 0 Å². The van der Waals surface area contributed by atoms with Gasteiger partial charge >= 0.3 is 0 Å². The van der Waals surface area contributed by atoms with Crippen molar-refractivity contribution < 1.29 is 9.84 Å². The summed E-state index contributed by atoms with van der Waals surface area (Å²) in [5, 5.41) is 14.4. The van der Waals surface area contributed by atoms with Gasteiger partial charge in [-0.15, -0.1) is 0 Å². The molecule has 0 radical (unpaired) electrons. The Hall–Kier alpha value is -0.160. The summed E-state index contributed by atoms with van der Waals surface area (Å²) in [6.07, 6.45) is 4.01. The van der Waals surface area contributed by atoms with Gasteiger partial charge < -0.3 is 20.9 Å². The maximum absolute atomic E-state index is 11.0. The topological polar surface area (TPSA) is 67.5 Å². The molecule has 2 unspecified atom stereocenters. The van der Waals surface area contributed by atoms with Crippen LogP contribution in [0.25, 0.3) is 0 Å². The van der Waals surface area contributed by atoms with Gasteiger partial charge in [0, 0.05) is 37.6 Å². The van der Waals surface area contributed by atoms with Crippen molar-refractivity contribution in [3.8, 4) is 0 Å². The number of aliphatic hydroxyl groups is 1. The van der Waals surface area contributed by atoms with Crippen molar-refractivity contribution in [3.63, 3.8) is 0 Å². The smallest absolute Gasteiger partial charge is 0.0729 e. The summed E-state index contributed by atoms with van der Waals surface area (Å²) in [5.41, 5.74) is 5.16. The van der Waals surface area contributed by atoms with Crippen molar-refractivity contribution in [1.82, 2.24) is 5.32 Å². The van der Waals surface area contributed by atoms with Gasteiger partial charge in [0.25, 0.3) is 0 Å². The lowest BCUT2D eigenvalue weighted by Gasteiger charge is -2.51. The molecule has 17 heavy (non-hydrogen) atoms. The second kappa shape index (κ2) is 5.22. The van der Waals surface area contributed by atoms with Crippen LogP contribution in [0.2, 0.25) is 0 Å². The van der Waals surface area contributed by atoms with Crippen LogP contribution in [0.3, 0.4) is 0 Å². The largest absolute Gasteiger partial charge is 0.389 e. The molecule has 4 N–H and O–H groups in total. The van der Waals surface area contributed by atoms with Gasteiger partial charge in [-0.25, -0.2) is 0 Å². The van der Waals surface area contributed by atoms with E-state index in [9.17, 15) is 5.11 Å². The predicted octanol–water partition coefficient (Wildman–Crippen LogP) is 0.493. The van der Waals surface area contributed by atoms with Crippen LogP contribution in [0.15, 0.2) is 0 Å². The number of nitrogens with one attached hydrogen (secondary N) is 1. The fourth-order valence-corrected chi connectivity index (χ4v) is 3.44. The van der Waals surface area contributed by atoms with Crippen molar-refractivity contribution >= 4 is 0 Å². The molecule has 100 valence electrons. The van der Waals surface area contributed by atoms with E-state index in [-0.39, 0.29) is 5.41 Å². The Labute approximate surface area is 104 Å². The molecule has 0 aromatic rings. The van der Waals surface area contributed by atoms with Gasteiger partial charge in [0.2, 0.25) is 0 Å². The first-order valence-corrected chi connectivity index (χ1v) is 6.83. The summed E-state index contributed by atoms with van der Waals surface area (Å²) in [5.74, 6) is 0.317. The minimum Gasteiger partial charge on any atom is -0.389 e. The molecule has 2 heterocycles. The first-order chi connectivity index (χ1) is 8.12. The third-order valence-corrected chi connectivity index (χ3v) is 5.01. The summed E-state index contributed by atoms with van der Waals surface area (Å²) in [7, 11) is 0. The molecule has 2 fully saturated rings. The molecule has 4 nitrogen and oxygen atoms in total. The molecule has 0 bridgehead atoms. The number of ether oxygens (including phenoxy) is 1. The first-order valence-electron chi connectivity index (χ1n) is 6.83. The highest BCUT2D eigenvalue weighted by Gasteiger charge is 2.51. The third-order valence-electron chi connectivity index (χ3n) is 5.01. The zero-order chi connectivity index (χ0) is 12.4. The fraction of sp³-hybridized carbons (Fsp3) is 1.00. The Morgan fingerprint density at radius 3 is 2.71 bits per heavy atom. The molecular weight excluding hydrogens is 216 g/mol. The third kappa shape index (κ3) is 2.36. The molecule has 2 rings (SSSR count). The Bertz CT molecular complexity index is 244. The van der Waals surface area contributed by atoms with E-state index in [0.29, 0.717) is 12.5 Å². The summed E-state index contributed by atoms with van der Waals surface area (Å²) < 4.78 is 5.43. The number of hydrogen-bond donors (Lipinski definition) is 3. The van der Waals surface area contributed by atoms with Crippen LogP contribution in [0.1, 0.15) is 32.6 Å². The first kappa shape index (κ1) is 13.3. The summed E-state index contributed by atoms with van der Waals surface area (Å²) >= 11 is 0. The van der Waals surface area contributed by atoms with Crippen LogP contribution < -0.4 is 11.1 Å². The van der Waals surface area contributed by atoms with Crippen molar-refractivity contribution in [2.45, 2.75) is 38.2 Å². The Balaban J connectivity index is 2.14. The van der Waals surface area contributed by atoms with Gasteiger partial charge in [0.05, 0.1) is 5.60 Å². The lowest BCUT2D eigenvalue weighted by Crippen LogP contribution is -2.60. The number of piperidine rings is 1. The summed E-state index contributed by atoms with van der Waals surface area (Å²) in [6, 6.07) is 0. The van der Waals surface area contributed by atoms with E-state index in [4.69, 9.17) is 10.5 Å². The van der Waals surface area contributed by atoms with Gasteiger partial charge in [-0.2, -0.15) is 0 Å². The van der Waals surface area contributed by atoms with Crippen LogP contribution in [0, 0.1) is 11.3 Å². The second-order valence-electron chi connectivity index (χ2n) is 5.79. The molecule has 0 aromatic carbocycles. The molecule has 2 atom stereocenters. The van der Waals surface area contributed by atoms with Crippen LogP contribution in [-0.4, -0.2) is 43.6 Å². The minimum atomic E-state index is -0.682. The molecule has 2 saturated heterocycles. The highest BCUT2D eigenvalue weighted by atomic mass is 16.5. The fourth-order valence-electron chi connectivity index (χ4n) is 3.44. The average molecular weight is 242 g/mol. The average Bonchev–Trinajstić information content (AvgIpc) is 2.40. The van der Waals surface area contributed by atoms with E-state index < -0.39 is 5.60 Å².